The summed E-state index contributed by atoms with van der Waals surface area (Å²) in [5.41, 5.74) is 10.5. The number of aliphatic carboxylic acids is 2. The van der Waals surface area contributed by atoms with E-state index in [-0.39, 0.29) is 19.3 Å². The van der Waals surface area contributed by atoms with Gasteiger partial charge in [-0.2, -0.15) is 11.8 Å². The molecule has 14 heteroatoms. The van der Waals surface area contributed by atoms with Gasteiger partial charge in [-0.15, -0.1) is 0 Å². The highest BCUT2D eigenvalue weighted by molar-refractivity contribution is 7.98. The fraction of sp³-hybridized carbons (Fsp3) is 0.625. The van der Waals surface area contributed by atoms with Gasteiger partial charge in [-0.25, -0.2) is 4.79 Å². The van der Waals surface area contributed by atoms with Gasteiger partial charge in [0.05, 0.1) is 19.0 Å². The number of nitrogens with one attached hydrogen (secondary N) is 3. The Morgan fingerprint density at radius 2 is 1.60 bits per heavy atom. The summed E-state index contributed by atoms with van der Waals surface area (Å²) in [5, 5.41) is 24.5. The fourth-order valence-electron chi connectivity index (χ4n) is 2.12. The minimum Gasteiger partial charge on any atom is -0.481 e. The van der Waals surface area contributed by atoms with E-state index in [4.69, 9.17) is 21.7 Å². The summed E-state index contributed by atoms with van der Waals surface area (Å²) < 4.78 is 0. The maximum atomic E-state index is 12.3. The van der Waals surface area contributed by atoms with Crippen molar-refractivity contribution in [1.82, 2.24) is 16.0 Å². The summed E-state index contributed by atoms with van der Waals surface area (Å²) in [6.45, 7) is -0.510. The Labute approximate surface area is 176 Å². The molecule has 30 heavy (non-hydrogen) atoms. The first-order valence-corrected chi connectivity index (χ1v) is 10.2. The van der Waals surface area contributed by atoms with Crippen molar-refractivity contribution in [3.8, 4) is 0 Å². The number of rotatable bonds is 15. The third kappa shape index (κ3) is 11.9. The predicted octanol–water partition coefficient (Wildman–Crippen LogP) is -3.02. The van der Waals surface area contributed by atoms with Gasteiger partial charge >= 0.3 is 11.9 Å². The first kappa shape index (κ1) is 27.1. The van der Waals surface area contributed by atoms with Crippen molar-refractivity contribution in [3.63, 3.8) is 0 Å². The molecule has 0 saturated carbocycles. The summed E-state index contributed by atoms with van der Waals surface area (Å²) in [6, 6.07) is -3.85. The molecule has 0 rings (SSSR count). The van der Waals surface area contributed by atoms with Gasteiger partial charge in [0, 0.05) is 6.42 Å². The quantitative estimate of drug-likeness (QED) is 0.134. The first-order chi connectivity index (χ1) is 14.0. The van der Waals surface area contributed by atoms with Crippen molar-refractivity contribution in [1.29, 1.82) is 0 Å². The van der Waals surface area contributed by atoms with Gasteiger partial charge in [0.15, 0.2) is 0 Å². The molecule has 0 fully saturated rings. The lowest BCUT2D eigenvalue weighted by atomic mass is 10.1. The molecule has 0 aliphatic rings. The van der Waals surface area contributed by atoms with E-state index < -0.39 is 66.7 Å². The van der Waals surface area contributed by atoms with Crippen molar-refractivity contribution >= 4 is 47.3 Å². The minimum atomic E-state index is -1.66. The molecular weight excluding hydrogens is 422 g/mol. The summed E-state index contributed by atoms with van der Waals surface area (Å²) in [7, 11) is 0. The molecule has 0 saturated heterocycles. The molecule has 0 aromatic heterocycles. The van der Waals surface area contributed by atoms with Crippen LogP contribution in [0.15, 0.2) is 0 Å². The minimum absolute atomic E-state index is 0.00168. The van der Waals surface area contributed by atoms with E-state index in [9.17, 15) is 28.8 Å². The molecule has 0 aliphatic carbocycles. The number of primary amides is 1. The molecule has 13 nitrogen and oxygen atoms in total. The van der Waals surface area contributed by atoms with Crippen LogP contribution in [-0.2, 0) is 28.8 Å². The van der Waals surface area contributed by atoms with Gasteiger partial charge in [0.25, 0.3) is 0 Å². The van der Waals surface area contributed by atoms with E-state index in [1.807, 2.05) is 0 Å². The zero-order chi connectivity index (χ0) is 23.3. The topological polar surface area (TPSA) is 231 Å². The second-order valence-corrected chi connectivity index (χ2v) is 7.21. The van der Waals surface area contributed by atoms with E-state index in [1.165, 1.54) is 11.8 Å². The molecule has 3 atom stereocenters. The molecular formula is C16H27N5O8S. The van der Waals surface area contributed by atoms with E-state index >= 15 is 0 Å². The maximum Gasteiger partial charge on any atom is 0.326 e. The fourth-order valence-corrected chi connectivity index (χ4v) is 2.60. The smallest absolute Gasteiger partial charge is 0.326 e. The largest absolute Gasteiger partial charge is 0.481 e. The van der Waals surface area contributed by atoms with Gasteiger partial charge in [-0.05, 0) is 24.9 Å². The average molecular weight is 449 g/mol. The number of hydrogen-bond acceptors (Lipinski definition) is 8. The van der Waals surface area contributed by atoms with E-state index in [0.29, 0.717) is 5.75 Å². The molecule has 0 spiro atoms. The summed E-state index contributed by atoms with van der Waals surface area (Å²) in [6.07, 6.45) is 0.975. The van der Waals surface area contributed by atoms with Crippen molar-refractivity contribution in [3.05, 3.63) is 0 Å². The Kier molecular flexibility index (Phi) is 12.8. The SMILES string of the molecule is CSCCC(NC(=O)CNC(=O)C(N)CCC(N)=O)C(=O)NC(CC(=O)O)C(=O)O. The van der Waals surface area contributed by atoms with Crippen LogP contribution in [0.1, 0.15) is 25.7 Å². The Hall–Kier alpha value is -2.87. The molecule has 0 aromatic carbocycles. The summed E-state index contributed by atoms with van der Waals surface area (Å²) in [5.74, 6) is -5.42. The maximum absolute atomic E-state index is 12.3. The molecule has 0 radical (unpaired) electrons. The van der Waals surface area contributed by atoms with Gasteiger partial charge in [0.2, 0.25) is 23.6 Å². The van der Waals surface area contributed by atoms with Crippen LogP contribution in [0.5, 0.6) is 0 Å². The van der Waals surface area contributed by atoms with Crippen molar-refractivity contribution in [2.75, 3.05) is 18.6 Å². The molecule has 0 heterocycles. The molecule has 3 unspecified atom stereocenters. The molecule has 170 valence electrons. The number of carboxylic acids is 2. The number of carboxylic acid groups (broad SMARTS) is 2. The highest BCUT2D eigenvalue weighted by Gasteiger charge is 2.28. The zero-order valence-corrected chi connectivity index (χ0v) is 17.2. The highest BCUT2D eigenvalue weighted by atomic mass is 32.2. The molecule has 9 N–H and O–H groups in total. The van der Waals surface area contributed by atoms with E-state index in [0.717, 1.165) is 0 Å². The Balaban J connectivity index is 4.82. The molecule has 0 aromatic rings. The van der Waals surface area contributed by atoms with Crippen LogP contribution >= 0.6 is 11.8 Å². The number of carbonyl (C=O) groups excluding carboxylic acids is 4. The monoisotopic (exact) mass is 449 g/mol. The second kappa shape index (κ2) is 14.2. The van der Waals surface area contributed by atoms with Crippen molar-refractivity contribution in [2.45, 2.75) is 43.8 Å². The first-order valence-electron chi connectivity index (χ1n) is 8.82. The lowest BCUT2D eigenvalue weighted by molar-refractivity contribution is -0.147. The summed E-state index contributed by atoms with van der Waals surface area (Å²) >= 11 is 1.37. The van der Waals surface area contributed by atoms with Crippen molar-refractivity contribution in [2.24, 2.45) is 11.5 Å². The van der Waals surface area contributed by atoms with E-state index in [1.54, 1.807) is 6.26 Å². The number of carbonyl (C=O) groups is 6. The molecule has 0 bridgehead atoms. The van der Waals surface area contributed by atoms with E-state index in [2.05, 4.69) is 16.0 Å². The van der Waals surface area contributed by atoms with Crippen LogP contribution in [-0.4, -0.2) is 82.5 Å². The van der Waals surface area contributed by atoms with Crippen LogP contribution in [0.25, 0.3) is 0 Å². The lowest BCUT2D eigenvalue weighted by Gasteiger charge is -2.21. The third-order valence-corrected chi connectivity index (χ3v) is 4.36. The van der Waals surface area contributed by atoms with Crippen LogP contribution in [0, 0.1) is 0 Å². The summed E-state index contributed by atoms with van der Waals surface area (Å²) in [4.78, 5) is 68.8. The number of nitrogens with two attached hydrogens (primary N) is 2. The van der Waals surface area contributed by atoms with Gasteiger partial charge in [0.1, 0.15) is 12.1 Å². The van der Waals surface area contributed by atoms with Crippen LogP contribution in [0.3, 0.4) is 0 Å². The Morgan fingerprint density at radius 3 is 2.10 bits per heavy atom. The number of thioether (sulfide) groups is 1. The van der Waals surface area contributed by atoms with Crippen LogP contribution in [0.2, 0.25) is 0 Å². The number of amides is 4. The van der Waals surface area contributed by atoms with Crippen molar-refractivity contribution < 1.29 is 39.0 Å². The van der Waals surface area contributed by atoms with Gasteiger partial charge in [-0.3, -0.25) is 24.0 Å². The second-order valence-electron chi connectivity index (χ2n) is 6.23. The highest BCUT2D eigenvalue weighted by Crippen LogP contribution is 2.03. The molecule has 0 aliphatic heterocycles. The third-order valence-electron chi connectivity index (χ3n) is 3.72. The predicted molar refractivity (Wildman–Crippen MR) is 106 cm³/mol. The Morgan fingerprint density at radius 1 is 0.967 bits per heavy atom. The molecule has 4 amide bonds. The normalized spacial score (nSPS) is 13.4. The lowest BCUT2D eigenvalue weighted by Crippen LogP contribution is -2.54. The van der Waals surface area contributed by atoms with Gasteiger partial charge in [-0.1, -0.05) is 0 Å². The van der Waals surface area contributed by atoms with Gasteiger partial charge < -0.3 is 37.6 Å². The standard InChI is InChI=1S/C16H27N5O8S/c1-30-5-4-9(15(27)21-10(16(28)29)6-13(24)25)20-12(23)7-19-14(26)8(17)2-3-11(18)22/h8-10H,2-7,17H2,1H3,(H2,18,22)(H,19,26)(H,20,23)(H,21,27)(H,24,25)(H,28,29). The van der Waals surface area contributed by atoms with Crippen LogP contribution < -0.4 is 27.4 Å². The average Bonchev–Trinajstić information content (AvgIpc) is 2.66. The van der Waals surface area contributed by atoms with Crippen LogP contribution in [0.4, 0.5) is 0 Å². The number of hydrogen-bond donors (Lipinski definition) is 7. The Bertz CT molecular complexity index is 660. The zero-order valence-electron chi connectivity index (χ0n) is 16.4.